The van der Waals surface area contributed by atoms with Crippen LogP contribution in [-0.2, 0) is 4.79 Å². The summed E-state index contributed by atoms with van der Waals surface area (Å²) >= 11 is 1.48. The monoisotopic (exact) mass is 595 g/mol. The fourth-order valence-corrected chi connectivity index (χ4v) is 6.69. The first-order valence-electron chi connectivity index (χ1n) is 13.7. The van der Waals surface area contributed by atoms with Crippen LogP contribution < -0.4 is 28.4 Å². The molecule has 0 saturated carbocycles. The summed E-state index contributed by atoms with van der Waals surface area (Å²) in [7, 11) is 9.56. The van der Waals surface area contributed by atoms with Gasteiger partial charge >= 0.3 is 0 Å². The lowest BCUT2D eigenvalue weighted by molar-refractivity contribution is -0.127. The molecular formula is C31H37N3O7S. The van der Waals surface area contributed by atoms with Gasteiger partial charge in [0.2, 0.25) is 17.4 Å². The van der Waals surface area contributed by atoms with Gasteiger partial charge in [-0.15, -0.1) is 0 Å². The highest BCUT2D eigenvalue weighted by Gasteiger charge is 2.46. The molecule has 0 spiro atoms. The van der Waals surface area contributed by atoms with E-state index in [2.05, 4.69) is 17.9 Å². The predicted molar refractivity (Wildman–Crippen MR) is 163 cm³/mol. The van der Waals surface area contributed by atoms with E-state index in [9.17, 15) is 4.79 Å². The van der Waals surface area contributed by atoms with Gasteiger partial charge < -0.3 is 28.4 Å². The van der Waals surface area contributed by atoms with E-state index < -0.39 is 6.04 Å². The average molecular weight is 596 g/mol. The number of carbonyl (C=O) groups excluding carboxylic acids is 1. The maximum Gasteiger partial charge on any atom is 0.242 e. The predicted octanol–water partition coefficient (Wildman–Crippen LogP) is 4.79. The maximum absolute atomic E-state index is 13.6. The van der Waals surface area contributed by atoms with Crippen molar-refractivity contribution >= 4 is 28.9 Å². The Labute approximate surface area is 250 Å². The van der Waals surface area contributed by atoms with Crippen molar-refractivity contribution < 1.29 is 33.2 Å². The number of aliphatic imine (C=N–C) groups is 1. The Morgan fingerprint density at radius 1 is 0.857 bits per heavy atom. The zero-order chi connectivity index (χ0) is 30.1. The van der Waals surface area contributed by atoms with Crippen molar-refractivity contribution in [2.24, 2.45) is 4.99 Å². The standard InChI is InChI=1S/C31H37N3O7S/c1-9-33-15-20(10-18-11-22(36-3)28(40-7)23(12-18)37-4)26-21(16-33)27(34-30(35)17(2)42-31(34)32-26)19-13-24(38-5)29(41-8)25(14-19)39-6/h10-14,17,27H,9,15-16H2,1-8H3/b20-10+. The van der Waals surface area contributed by atoms with Crippen LogP contribution in [0.4, 0.5) is 0 Å². The third-order valence-electron chi connectivity index (χ3n) is 7.74. The molecule has 0 bridgehead atoms. The van der Waals surface area contributed by atoms with Gasteiger partial charge in [0.15, 0.2) is 28.2 Å². The van der Waals surface area contributed by atoms with Crippen molar-refractivity contribution in [3.05, 3.63) is 52.2 Å². The molecule has 1 amide bonds. The van der Waals surface area contributed by atoms with Crippen molar-refractivity contribution in [2.45, 2.75) is 25.1 Å². The van der Waals surface area contributed by atoms with E-state index in [4.69, 9.17) is 33.4 Å². The van der Waals surface area contributed by atoms with Gasteiger partial charge in [-0.1, -0.05) is 18.7 Å². The molecule has 42 heavy (non-hydrogen) atoms. The third-order valence-corrected chi connectivity index (χ3v) is 8.80. The number of fused-ring (bicyclic) bond motifs is 1. The number of amidine groups is 1. The minimum absolute atomic E-state index is 0.0211. The van der Waals surface area contributed by atoms with Gasteiger partial charge in [0, 0.05) is 13.1 Å². The van der Waals surface area contributed by atoms with Gasteiger partial charge in [-0.3, -0.25) is 14.6 Å². The summed E-state index contributed by atoms with van der Waals surface area (Å²) in [6, 6.07) is 7.30. The van der Waals surface area contributed by atoms with E-state index in [-0.39, 0.29) is 11.2 Å². The minimum atomic E-state index is -0.399. The highest BCUT2D eigenvalue weighted by atomic mass is 32.2. The summed E-state index contributed by atoms with van der Waals surface area (Å²) in [6.45, 7) is 6.22. The molecule has 3 aliphatic heterocycles. The molecule has 3 heterocycles. The van der Waals surface area contributed by atoms with Crippen molar-refractivity contribution in [1.82, 2.24) is 9.80 Å². The smallest absolute Gasteiger partial charge is 0.242 e. The number of methoxy groups -OCH3 is 6. The molecule has 1 saturated heterocycles. The van der Waals surface area contributed by atoms with E-state index in [1.165, 1.54) is 11.8 Å². The Hall–Kier alpha value is -3.83. The zero-order valence-corrected chi connectivity index (χ0v) is 26.1. The van der Waals surface area contributed by atoms with Crippen LogP contribution >= 0.6 is 11.8 Å². The van der Waals surface area contributed by atoms with Gasteiger partial charge in [0.25, 0.3) is 0 Å². The van der Waals surface area contributed by atoms with Crippen molar-refractivity contribution in [3.8, 4) is 34.5 Å². The Bertz CT molecular complexity index is 1430. The second-order valence-corrected chi connectivity index (χ2v) is 11.3. The second kappa shape index (κ2) is 12.2. The first kappa shape index (κ1) is 29.7. The Morgan fingerprint density at radius 2 is 1.40 bits per heavy atom. The third kappa shape index (κ3) is 5.05. The van der Waals surface area contributed by atoms with Crippen LogP contribution in [0.5, 0.6) is 34.5 Å². The summed E-state index contributed by atoms with van der Waals surface area (Å²) in [4.78, 5) is 22.9. The lowest BCUT2D eigenvalue weighted by Crippen LogP contribution is -2.44. The van der Waals surface area contributed by atoms with Crippen LogP contribution in [0.1, 0.15) is 31.0 Å². The number of thioether (sulfide) groups is 1. The Morgan fingerprint density at radius 3 is 1.90 bits per heavy atom. The molecule has 10 nitrogen and oxygen atoms in total. The maximum atomic E-state index is 13.6. The summed E-state index contributed by atoms with van der Waals surface area (Å²) in [5.41, 5.74) is 4.69. The van der Waals surface area contributed by atoms with Crippen LogP contribution in [-0.4, -0.2) is 88.4 Å². The number of likely N-dealkylation sites (N-methyl/N-ethyl adjacent to an activating group) is 1. The molecule has 2 aromatic rings. The van der Waals surface area contributed by atoms with Crippen LogP contribution in [0.3, 0.4) is 0 Å². The highest BCUT2D eigenvalue weighted by molar-refractivity contribution is 8.15. The first-order valence-corrected chi connectivity index (χ1v) is 14.5. The van der Waals surface area contributed by atoms with E-state index >= 15 is 0 Å². The molecule has 0 aliphatic carbocycles. The average Bonchev–Trinajstić information content (AvgIpc) is 3.30. The highest BCUT2D eigenvalue weighted by Crippen LogP contribution is 2.49. The largest absolute Gasteiger partial charge is 0.493 e. The molecule has 0 radical (unpaired) electrons. The van der Waals surface area contributed by atoms with Crippen molar-refractivity contribution in [3.63, 3.8) is 0 Å². The molecule has 3 aliphatic rings. The number of benzene rings is 2. The topological polar surface area (TPSA) is 91.3 Å². The van der Waals surface area contributed by atoms with Crippen LogP contribution in [0.15, 0.2) is 46.1 Å². The Balaban J connectivity index is 1.73. The molecule has 224 valence electrons. The van der Waals surface area contributed by atoms with Crippen LogP contribution in [0, 0.1) is 0 Å². The molecule has 0 aromatic heterocycles. The van der Waals surface area contributed by atoms with E-state index in [0.717, 1.165) is 34.5 Å². The van der Waals surface area contributed by atoms with Gasteiger partial charge in [-0.25, -0.2) is 4.99 Å². The molecule has 2 atom stereocenters. The fraction of sp³-hybridized carbons (Fsp3) is 0.419. The van der Waals surface area contributed by atoms with Gasteiger partial charge in [0.1, 0.15) is 0 Å². The summed E-state index contributed by atoms with van der Waals surface area (Å²) in [5, 5.41) is 0.435. The Kier molecular flexibility index (Phi) is 8.60. The normalized spacial score (nSPS) is 21.1. The number of ether oxygens (including phenoxy) is 6. The lowest BCUT2D eigenvalue weighted by Gasteiger charge is -2.40. The van der Waals surface area contributed by atoms with Gasteiger partial charge in [0.05, 0.1) is 59.6 Å². The summed E-state index contributed by atoms with van der Waals surface area (Å²) in [5.74, 6) is 3.26. The van der Waals surface area contributed by atoms with Gasteiger partial charge in [-0.2, -0.15) is 0 Å². The summed E-state index contributed by atoms with van der Waals surface area (Å²) < 4.78 is 33.7. The van der Waals surface area contributed by atoms with E-state index in [1.807, 2.05) is 36.1 Å². The lowest BCUT2D eigenvalue weighted by atomic mass is 9.88. The molecule has 0 N–H and O–H groups in total. The molecular weight excluding hydrogens is 558 g/mol. The molecule has 2 unspecified atom stereocenters. The molecule has 1 fully saturated rings. The quantitative estimate of drug-likeness (QED) is 0.406. The number of nitrogens with zero attached hydrogens (tertiary/aromatic N) is 3. The summed E-state index contributed by atoms with van der Waals surface area (Å²) in [6.07, 6.45) is 2.11. The number of amides is 1. The van der Waals surface area contributed by atoms with E-state index in [1.54, 1.807) is 42.7 Å². The van der Waals surface area contributed by atoms with Gasteiger partial charge in [-0.05, 0) is 66.1 Å². The first-order chi connectivity index (χ1) is 20.3. The second-order valence-electron chi connectivity index (χ2n) is 10.0. The minimum Gasteiger partial charge on any atom is -0.493 e. The molecule has 11 heteroatoms. The van der Waals surface area contributed by atoms with Crippen molar-refractivity contribution in [2.75, 3.05) is 62.3 Å². The number of hydrogen-bond donors (Lipinski definition) is 0. The van der Waals surface area contributed by atoms with Crippen LogP contribution in [0.2, 0.25) is 0 Å². The fourth-order valence-electron chi connectivity index (χ4n) is 5.71. The zero-order valence-electron chi connectivity index (χ0n) is 25.3. The van der Waals surface area contributed by atoms with Crippen molar-refractivity contribution in [1.29, 1.82) is 0 Å². The molecule has 5 rings (SSSR count). The molecule has 2 aromatic carbocycles. The number of rotatable bonds is 9. The number of hydrogen-bond acceptors (Lipinski definition) is 10. The van der Waals surface area contributed by atoms with Crippen LogP contribution in [0.25, 0.3) is 6.08 Å². The van der Waals surface area contributed by atoms with E-state index in [0.29, 0.717) is 52.8 Å². The number of carbonyl (C=O) groups is 1. The SMILES string of the molecule is CCN1CC2=C(N=C3SC(C)C(=O)N3C2c2cc(OC)c(OC)c(OC)c2)/C(=C/c2cc(OC)c(OC)c(OC)c2)C1.